The minimum atomic E-state index is -1.06. The van der Waals surface area contributed by atoms with Crippen LogP contribution in [0.4, 0.5) is 0 Å². The number of pyridine rings is 1. The fourth-order valence-corrected chi connectivity index (χ4v) is 2.14. The molecule has 0 unspecified atom stereocenters. The van der Waals surface area contributed by atoms with Crippen molar-refractivity contribution in [2.45, 2.75) is 0 Å². The molecular weight excluding hydrogens is 256 g/mol. The Morgan fingerprint density at radius 2 is 2.10 bits per heavy atom. The Balaban J connectivity index is 2.20. The van der Waals surface area contributed by atoms with Crippen LogP contribution in [0.2, 0.25) is 0 Å². The maximum atomic E-state index is 11.0. The number of ether oxygens (including phenoxy) is 1. The van der Waals surface area contributed by atoms with Gasteiger partial charge in [0.1, 0.15) is 17.1 Å². The average molecular weight is 268 g/mol. The molecule has 20 heavy (non-hydrogen) atoms. The van der Waals surface area contributed by atoms with Gasteiger partial charge in [-0.15, -0.1) is 0 Å². The standard InChI is InChI=1S/C15H12N2O3/c1-20-13-5-4-12(15(18)19)17-14(13)10-2-3-11-9(8-10)6-7-16-11/h2-8,16H,1H3,(H,18,19). The Bertz CT molecular complexity index is 793. The van der Waals surface area contributed by atoms with Gasteiger partial charge in [0.15, 0.2) is 0 Å². The lowest BCUT2D eigenvalue weighted by Gasteiger charge is -2.08. The maximum absolute atomic E-state index is 11.0. The van der Waals surface area contributed by atoms with E-state index in [-0.39, 0.29) is 5.69 Å². The zero-order valence-electron chi connectivity index (χ0n) is 10.8. The predicted octanol–water partition coefficient (Wildman–Crippen LogP) is 2.94. The molecule has 0 amide bonds. The first-order valence-corrected chi connectivity index (χ1v) is 6.05. The molecule has 0 spiro atoms. The zero-order chi connectivity index (χ0) is 14.1. The number of nitrogens with zero attached hydrogens (tertiary/aromatic N) is 1. The Hall–Kier alpha value is -2.82. The molecule has 0 bridgehead atoms. The monoisotopic (exact) mass is 268 g/mol. The number of aromatic nitrogens is 2. The third-order valence-electron chi connectivity index (χ3n) is 3.12. The van der Waals surface area contributed by atoms with Crippen LogP contribution in [0.15, 0.2) is 42.6 Å². The SMILES string of the molecule is COc1ccc(C(=O)O)nc1-c1ccc2[nH]ccc2c1. The van der Waals surface area contributed by atoms with Crippen molar-refractivity contribution in [3.8, 4) is 17.0 Å². The topological polar surface area (TPSA) is 75.2 Å². The molecular formula is C15H12N2O3. The van der Waals surface area contributed by atoms with Crippen molar-refractivity contribution in [1.29, 1.82) is 0 Å². The van der Waals surface area contributed by atoms with E-state index in [1.54, 1.807) is 6.07 Å². The number of fused-ring (bicyclic) bond motifs is 1. The quantitative estimate of drug-likeness (QED) is 0.765. The lowest BCUT2D eigenvalue weighted by molar-refractivity contribution is 0.0690. The summed E-state index contributed by atoms with van der Waals surface area (Å²) in [5.74, 6) is -0.512. The van der Waals surface area contributed by atoms with Gasteiger partial charge >= 0.3 is 5.97 Å². The summed E-state index contributed by atoms with van der Waals surface area (Å²) in [5, 5.41) is 10.1. The first kappa shape index (κ1) is 12.2. The van der Waals surface area contributed by atoms with Crippen molar-refractivity contribution in [2.75, 3.05) is 7.11 Å². The fraction of sp³-hybridized carbons (Fsp3) is 0.0667. The van der Waals surface area contributed by atoms with Crippen LogP contribution in [-0.2, 0) is 0 Å². The molecule has 0 fully saturated rings. The first-order valence-electron chi connectivity index (χ1n) is 6.05. The van der Waals surface area contributed by atoms with Crippen LogP contribution in [0, 0.1) is 0 Å². The minimum absolute atomic E-state index is 0.00466. The van der Waals surface area contributed by atoms with Gasteiger partial charge in [-0.1, -0.05) is 6.07 Å². The largest absolute Gasteiger partial charge is 0.494 e. The normalized spacial score (nSPS) is 10.7. The third-order valence-corrected chi connectivity index (χ3v) is 3.12. The van der Waals surface area contributed by atoms with E-state index in [2.05, 4.69) is 9.97 Å². The second-order valence-electron chi connectivity index (χ2n) is 4.33. The Morgan fingerprint density at radius 1 is 1.25 bits per heavy atom. The summed E-state index contributed by atoms with van der Waals surface area (Å²) >= 11 is 0. The number of H-pyrrole nitrogens is 1. The summed E-state index contributed by atoms with van der Waals surface area (Å²) in [5.41, 5.74) is 2.35. The molecule has 0 aliphatic rings. The number of carboxylic acid groups (broad SMARTS) is 1. The first-order chi connectivity index (χ1) is 9.69. The van der Waals surface area contributed by atoms with E-state index in [1.807, 2.05) is 30.5 Å². The number of carboxylic acids is 1. The molecule has 5 heteroatoms. The number of aromatic carboxylic acids is 1. The molecule has 0 aliphatic carbocycles. The van der Waals surface area contributed by atoms with E-state index in [9.17, 15) is 4.79 Å². The van der Waals surface area contributed by atoms with Crippen LogP contribution < -0.4 is 4.74 Å². The van der Waals surface area contributed by atoms with Gasteiger partial charge < -0.3 is 14.8 Å². The van der Waals surface area contributed by atoms with Gasteiger partial charge in [-0.3, -0.25) is 0 Å². The molecule has 2 aromatic heterocycles. The zero-order valence-corrected chi connectivity index (χ0v) is 10.8. The van der Waals surface area contributed by atoms with Crippen molar-refractivity contribution < 1.29 is 14.6 Å². The number of aromatic amines is 1. The molecule has 3 rings (SSSR count). The van der Waals surface area contributed by atoms with Gasteiger partial charge in [0.25, 0.3) is 0 Å². The van der Waals surface area contributed by atoms with Gasteiger partial charge in [0, 0.05) is 22.7 Å². The van der Waals surface area contributed by atoms with Crippen molar-refractivity contribution >= 4 is 16.9 Å². The van der Waals surface area contributed by atoms with Gasteiger partial charge in [0.2, 0.25) is 0 Å². The van der Waals surface area contributed by atoms with Crippen molar-refractivity contribution in [2.24, 2.45) is 0 Å². The number of nitrogens with one attached hydrogen (secondary N) is 1. The van der Waals surface area contributed by atoms with E-state index in [1.165, 1.54) is 13.2 Å². The average Bonchev–Trinajstić information content (AvgIpc) is 2.93. The molecule has 3 aromatic rings. The highest BCUT2D eigenvalue weighted by Gasteiger charge is 2.13. The number of hydrogen-bond donors (Lipinski definition) is 2. The highest BCUT2D eigenvalue weighted by molar-refractivity contribution is 5.88. The van der Waals surface area contributed by atoms with Gasteiger partial charge in [0.05, 0.1) is 7.11 Å². The second-order valence-corrected chi connectivity index (χ2v) is 4.33. The Morgan fingerprint density at radius 3 is 2.85 bits per heavy atom. The van der Waals surface area contributed by atoms with Crippen LogP contribution in [0.3, 0.4) is 0 Å². The molecule has 0 saturated carbocycles. The smallest absolute Gasteiger partial charge is 0.354 e. The van der Waals surface area contributed by atoms with Crippen LogP contribution in [-0.4, -0.2) is 28.2 Å². The number of hydrogen-bond acceptors (Lipinski definition) is 3. The summed E-state index contributed by atoms with van der Waals surface area (Å²) in [6, 6.07) is 10.8. The van der Waals surface area contributed by atoms with E-state index in [4.69, 9.17) is 9.84 Å². The molecule has 100 valence electrons. The molecule has 0 radical (unpaired) electrons. The van der Waals surface area contributed by atoms with Gasteiger partial charge in [-0.25, -0.2) is 9.78 Å². The predicted molar refractivity (Wildman–Crippen MR) is 75.0 cm³/mol. The fourth-order valence-electron chi connectivity index (χ4n) is 2.14. The molecule has 0 aliphatic heterocycles. The highest BCUT2D eigenvalue weighted by Crippen LogP contribution is 2.30. The van der Waals surface area contributed by atoms with Crippen LogP contribution in [0.25, 0.3) is 22.2 Å². The Kier molecular flexibility index (Phi) is 2.87. The molecule has 2 N–H and O–H groups in total. The van der Waals surface area contributed by atoms with Crippen LogP contribution >= 0.6 is 0 Å². The second kappa shape index (κ2) is 4.70. The lowest BCUT2D eigenvalue weighted by atomic mass is 10.1. The number of benzene rings is 1. The number of carbonyl (C=O) groups is 1. The van der Waals surface area contributed by atoms with E-state index in [0.29, 0.717) is 11.4 Å². The van der Waals surface area contributed by atoms with E-state index in [0.717, 1.165) is 16.5 Å². The van der Waals surface area contributed by atoms with Crippen LogP contribution in [0.5, 0.6) is 5.75 Å². The molecule has 0 atom stereocenters. The molecule has 2 heterocycles. The van der Waals surface area contributed by atoms with Crippen LogP contribution in [0.1, 0.15) is 10.5 Å². The van der Waals surface area contributed by atoms with E-state index < -0.39 is 5.97 Å². The summed E-state index contributed by atoms with van der Waals surface area (Å²) in [4.78, 5) is 18.3. The summed E-state index contributed by atoms with van der Waals surface area (Å²) in [6.07, 6.45) is 1.85. The number of rotatable bonds is 3. The van der Waals surface area contributed by atoms with Crippen molar-refractivity contribution in [3.05, 3.63) is 48.3 Å². The third kappa shape index (κ3) is 1.99. The molecule has 5 nitrogen and oxygen atoms in total. The maximum Gasteiger partial charge on any atom is 0.354 e. The summed E-state index contributed by atoms with van der Waals surface area (Å²) in [7, 11) is 1.54. The van der Waals surface area contributed by atoms with Gasteiger partial charge in [-0.2, -0.15) is 0 Å². The van der Waals surface area contributed by atoms with Crippen molar-refractivity contribution in [1.82, 2.24) is 9.97 Å². The Labute approximate surface area is 114 Å². The van der Waals surface area contributed by atoms with Crippen molar-refractivity contribution in [3.63, 3.8) is 0 Å². The minimum Gasteiger partial charge on any atom is -0.494 e. The number of methoxy groups -OCH3 is 1. The molecule has 0 saturated heterocycles. The highest BCUT2D eigenvalue weighted by atomic mass is 16.5. The summed E-state index contributed by atoms with van der Waals surface area (Å²) < 4.78 is 5.26. The lowest BCUT2D eigenvalue weighted by Crippen LogP contribution is -2.02. The van der Waals surface area contributed by atoms with Gasteiger partial charge in [-0.05, 0) is 30.3 Å². The molecule has 1 aromatic carbocycles. The summed E-state index contributed by atoms with van der Waals surface area (Å²) in [6.45, 7) is 0. The van der Waals surface area contributed by atoms with E-state index >= 15 is 0 Å².